The lowest BCUT2D eigenvalue weighted by Gasteiger charge is -2.27. The molecule has 1 heterocycles. The highest BCUT2D eigenvalue weighted by Crippen LogP contribution is 2.30. The Kier molecular flexibility index (Phi) is 2.84. The first kappa shape index (κ1) is 10.6. The molecule has 0 radical (unpaired) electrons. The van der Waals surface area contributed by atoms with E-state index in [4.69, 9.17) is 0 Å². The van der Waals surface area contributed by atoms with Crippen molar-refractivity contribution >= 4 is 17.7 Å². The van der Waals surface area contributed by atoms with Gasteiger partial charge in [-0.3, -0.25) is 4.79 Å². The molecular weight excluding hydrogens is 204 g/mol. The monoisotopic (exact) mass is 216 g/mol. The van der Waals surface area contributed by atoms with Crippen molar-refractivity contribution in [3.05, 3.63) is 29.3 Å². The molecule has 0 saturated heterocycles. The fraction of sp³-hybridized carbons (Fsp3) is 0.333. The van der Waals surface area contributed by atoms with E-state index in [0.717, 1.165) is 23.2 Å². The topological polar surface area (TPSA) is 49.7 Å². The number of carbonyl (C=O) groups is 1. The summed E-state index contributed by atoms with van der Waals surface area (Å²) < 4.78 is 0. The molecule has 0 fully saturated rings. The molecule has 16 heavy (non-hydrogen) atoms. The summed E-state index contributed by atoms with van der Waals surface area (Å²) in [6.07, 6.45) is 2.83. The molecule has 0 bridgehead atoms. The van der Waals surface area contributed by atoms with Crippen LogP contribution in [0.25, 0.3) is 0 Å². The van der Waals surface area contributed by atoms with Crippen LogP contribution in [0, 0.1) is 0 Å². The molecule has 0 unspecified atom stereocenters. The number of carbonyl (C=O) groups excluding carboxylic acids is 2. The van der Waals surface area contributed by atoms with Crippen molar-refractivity contribution in [2.45, 2.75) is 19.4 Å². The Labute approximate surface area is 93.6 Å². The van der Waals surface area contributed by atoms with E-state index in [1.807, 2.05) is 18.2 Å². The smallest absolute Gasteiger partial charge is 0.235 e. The fourth-order valence-electron chi connectivity index (χ4n) is 2.06. The van der Waals surface area contributed by atoms with Crippen LogP contribution >= 0.6 is 0 Å². The number of aryl methyl sites for hydroxylation is 1. The van der Waals surface area contributed by atoms with E-state index in [1.54, 1.807) is 11.9 Å². The lowest BCUT2D eigenvalue weighted by molar-refractivity contribution is -0.118. The number of isocyanates is 1. The minimum atomic E-state index is 0.107. The molecule has 0 atom stereocenters. The summed E-state index contributed by atoms with van der Waals surface area (Å²) >= 11 is 0. The Morgan fingerprint density at radius 2 is 2.25 bits per heavy atom. The van der Waals surface area contributed by atoms with Gasteiger partial charge in [0.2, 0.25) is 12.0 Å². The van der Waals surface area contributed by atoms with Gasteiger partial charge in [-0.05, 0) is 17.5 Å². The molecule has 0 N–H and O–H groups in total. The van der Waals surface area contributed by atoms with Crippen LogP contribution in [0.3, 0.4) is 0 Å². The Morgan fingerprint density at radius 1 is 1.44 bits per heavy atom. The number of anilines is 1. The molecule has 82 valence electrons. The third kappa shape index (κ3) is 1.75. The van der Waals surface area contributed by atoms with Crippen LogP contribution in [0.2, 0.25) is 0 Å². The van der Waals surface area contributed by atoms with Crippen molar-refractivity contribution in [2.24, 2.45) is 4.99 Å². The van der Waals surface area contributed by atoms with Gasteiger partial charge >= 0.3 is 0 Å². The molecule has 0 aromatic heterocycles. The van der Waals surface area contributed by atoms with Gasteiger partial charge in [0.15, 0.2) is 0 Å². The third-order valence-corrected chi connectivity index (χ3v) is 2.83. The van der Waals surface area contributed by atoms with Gasteiger partial charge in [-0.15, -0.1) is 0 Å². The summed E-state index contributed by atoms with van der Waals surface area (Å²) in [5.41, 5.74) is 2.94. The van der Waals surface area contributed by atoms with E-state index in [1.165, 1.54) is 6.08 Å². The molecular formula is C12H12N2O2. The average Bonchev–Trinajstić information content (AvgIpc) is 2.31. The van der Waals surface area contributed by atoms with Gasteiger partial charge in [0.1, 0.15) is 0 Å². The van der Waals surface area contributed by atoms with Gasteiger partial charge in [-0.1, -0.05) is 18.2 Å². The first-order valence-corrected chi connectivity index (χ1v) is 5.15. The number of para-hydroxylation sites is 1. The maximum atomic E-state index is 11.6. The lowest BCUT2D eigenvalue weighted by atomic mass is 9.98. The molecule has 0 spiro atoms. The second-order valence-corrected chi connectivity index (χ2v) is 3.79. The van der Waals surface area contributed by atoms with Crippen LogP contribution < -0.4 is 4.90 Å². The molecule has 1 aromatic rings. The molecule has 2 rings (SSSR count). The molecule has 1 aromatic carbocycles. The van der Waals surface area contributed by atoms with Gasteiger partial charge in [0.25, 0.3) is 0 Å². The number of nitrogens with zero attached hydrogens (tertiary/aromatic N) is 2. The van der Waals surface area contributed by atoms with Crippen molar-refractivity contribution in [3.63, 3.8) is 0 Å². The first-order chi connectivity index (χ1) is 7.74. The third-order valence-electron chi connectivity index (χ3n) is 2.83. The van der Waals surface area contributed by atoms with E-state index in [2.05, 4.69) is 4.99 Å². The Hall–Kier alpha value is -1.93. The van der Waals surface area contributed by atoms with Crippen LogP contribution in [0.1, 0.15) is 17.5 Å². The summed E-state index contributed by atoms with van der Waals surface area (Å²) in [7, 11) is 1.76. The maximum absolute atomic E-state index is 11.6. The molecule has 1 aliphatic heterocycles. The number of rotatable bonds is 2. The standard InChI is InChI=1S/C12H12N2O2/c1-14-11(16)6-5-9-3-2-4-10(12(9)14)7-13-8-15/h2-4H,5-7H2,1H3. The molecule has 4 heteroatoms. The zero-order chi connectivity index (χ0) is 11.5. The van der Waals surface area contributed by atoms with E-state index in [-0.39, 0.29) is 12.5 Å². The van der Waals surface area contributed by atoms with E-state index < -0.39 is 0 Å². The number of benzene rings is 1. The minimum Gasteiger partial charge on any atom is -0.315 e. The van der Waals surface area contributed by atoms with Crippen LogP contribution in [0.5, 0.6) is 0 Å². The number of amides is 1. The van der Waals surface area contributed by atoms with Gasteiger partial charge in [-0.25, -0.2) is 9.79 Å². The van der Waals surface area contributed by atoms with Crippen LogP contribution in [-0.2, 0) is 22.6 Å². The Bertz CT molecular complexity index is 476. The fourth-order valence-corrected chi connectivity index (χ4v) is 2.06. The predicted octanol–water partition coefficient (Wildman–Crippen LogP) is 1.43. The maximum Gasteiger partial charge on any atom is 0.235 e. The van der Waals surface area contributed by atoms with E-state index in [9.17, 15) is 9.59 Å². The number of fused-ring (bicyclic) bond motifs is 1. The summed E-state index contributed by atoms with van der Waals surface area (Å²) in [6.45, 7) is 0.282. The highest BCUT2D eigenvalue weighted by Gasteiger charge is 2.22. The van der Waals surface area contributed by atoms with Gasteiger partial charge in [0, 0.05) is 13.5 Å². The minimum absolute atomic E-state index is 0.107. The highest BCUT2D eigenvalue weighted by molar-refractivity contribution is 5.96. The van der Waals surface area contributed by atoms with Gasteiger partial charge in [-0.2, -0.15) is 0 Å². The second-order valence-electron chi connectivity index (χ2n) is 3.79. The van der Waals surface area contributed by atoms with Crippen molar-refractivity contribution < 1.29 is 9.59 Å². The molecule has 0 aliphatic carbocycles. The quantitative estimate of drug-likeness (QED) is 0.554. The molecule has 1 aliphatic rings. The molecule has 4 nitrogen and oxygen atoms in total. The van der Waals surface area contributed by atoms with Crippen molar-refractivity contribution in [1.82, 2.24) is 0 Å². The number of hydrogen-bond acceptors (Lipinski definition) is 3. The van der Waals surface area contributed by atoms with E-state index in [0.29, 0.717) is 6.42 Å². The summed E-state index contributed by atoms with van der Waals surface area (Å²) in [4.78, 5) is 26.9. The van der Waals surface area contributed by atoms with Gasteiger partial charge in [0.05, 0.1) is 12.2 Å². The largest absolute Gasteiger partial charge is 0.315 e. The second kappa shape index (κ2) is 4.29. The number of aliphatic imine (C=N–C) groups is 1. The van der Waals surface area contributed by atoms with Crippen LogP contribution in [0.15, 0.2) is 23.2 Å². The Morgan fingerprint density at radius 3 is 3.00 bits per heavy atom. The molecule has 0 saturated carbocycles. The summed E-state index contributed by atoms with van der Waals surface area (Å²) in [6, 6.07) is 5.82. The Balaban J connectivity index is 2.47. The highest BCUT2D eigenvalue weighted by atomic mass is 16.2. The van der Waals surface area contributed by atoms with Crippen molar-refractivity contribution in [1.29, 1.82) is 0 Å². The lowest BCUT2D eigenvalue weighted by Crippen LogP contribution is -2.32. The zero-order valence-electron chi connectivity index (χ0n) is 9.06. The molecule has 1 amide bonds. The van der Waals surface area contributed by atoms with Crippen LogP contribution in [-0.4, -0.2) is 19.0 Å². The number of hydrogen-bond donors (Lipinski definition) is 0. The average molecular weight is 216 g/mol. The summed E-state index contributed by atoms with van der Waals surface area (Å²) in [5, 5.41) is 0. The SMILES string of the molecule is CN1C(=O)CCc2cccc(CN=C=O)c21. The van der Waals surface area contributed by atoms with Crippen LogP contribution in [0.4, 0.5) is 5.69 Å². The normalized spacial score (nSPS) is 14.3. The first-order valence-electron chi connectivity index (χ1n) is 5.15. The zero-order valence-corrected chi connectivity index (χ0v) is 9.06. The van der Waals surface area contributed by atoms with E-state index >= 15 is 0 Å². The van der Waals surface area contributed by atoms with Crippen molar-refractivity contribution in [3.8, 4) is 0 Å². The summed E-state index contributed by atoms with van der Waals surface area (Å²) in [5.74, 6) is 0.107. The van der Waals surface area contributed by atoms with Gasteiger partial charge < -0.3 is 4.90 Å². The van der Waals surface area contributed by atoms with Crippen molar-refractivity contribution in [2.75, 3.05) is 11.9 Å². The predicted molar refractivity (Wildman–Crippen MR) is 60.0 cm³/mol.